The van der Waals surface area contributed by atoms with Crippen LogP contribution in [-0.2, 0) is 6.42 Å². The molecule has 0 saturated heterocycles. The summed E-state index contributed by atoms with van der Waals surface area (Å²) in [5, 5.41) is 0. The Morgan fingerprint density at radius 1 is 1.50 bits per heavy atom. The van der Waals surface area contributed by atoms with Gasteiger partial charge in [0.25, 0.3) is 0 Å². The molecular formula is C11H14O. The Labute approximate surface area is 73.7 Å². The largest absolute Gasteiger partial charge is 0.497 e. The van der Waals surface area contributed by atoms with Crippen molar-refractivity contribution in [2.24, 2.45) is 0 Å². The van der Waals surface area contributed by atoms with Crippen molar-refractivity contribution >= 4 is 0 Å². The van der Waals surface area contributed by atoms with E-state index in [-0.39, 0.29) is 0 Å². The quantitative estimate of drug-likeness (QED) is 0.618. The third kappa shape index (κ3) is 2.42. The first-order valence-electron chi connectivity index (χ1n) is 4.10. The van der Waals surface area contributed by atoms with Gasteiger partial charge in [0.15, 0.2) is 0 Å². The molecule has 0 N–H and O–H groups in total. The van der Waals surface area contributed by atoms with Gasteiger partial charge in [0.1, 0.15) is 5.75 Å². The molecule has 0 bridgehead atoms. The Morgan fingerprint density at radius 2 is 2.33 bits per heavy atom. The molecule has 1 aromatic carbocycles. The van der Waals surface area contributed by atoms with Crippen molar-refractivity contribution in [1.29, 1.82) is 0 Å². The highest BCUT2D eigenvalue weighted by Crippen LogP contribution is 2.13. The topological polar surface area (TPSA) is 9.23 Å². The average Bonchev–Trinajstić information content (AvgIpc) is 2.15. The van der Waals surface area contributed by atoms with Crippen molar-refractivity contribution in [1.82, 2.24) is 0 Å². The first kappa shape index (κ1) is 8.85. The summed E-state index contributed by atoms with van der Waals surface area (Å²) in [6, 6.07) is 8.13. The fourth-order valence-corrected chi connectivity index (χ4v) is 1.10. The molecule has 0 aliphatic carbocycles. The minimum atomic E-state index is 0.927. The number of allylic oxidation sites excluding steroid dienone is 1. The van der Waals surface area contributed by atoms with Gasteiger partial charge in [0.2, 0.25) is 0 Å². The molecule has 0 saturated carbocycles. The van der Waals surface area contributed by atoms with Gasteiger partial charge in [-0.2, -0.15) is 0 Å². The summed E-state index contributed by atoms with van der Waals surface area (Å²) < 4.78 is 5.11. The van der Waals surface area contributed by atoms with E-state index in [2.05, 4.69) is 18.7 Å². The van der Waals surface area contributed by atoms with Gasteiger partial charge in [0, 0.05) is 0 Å². The van der Waals surface area contributed by atoms with Crippen molar-refractivity contribution in [3.63, 3.8) is 0 Å². The molecule has 1 aromatic rings. The lowest BCUT2D eigenvalue weighted by atomic mass is 10.1. The molecule has 1 heteroatoms. The Bertz CT molecular complexity index is 253. The van der Waals surface area contributed by atoms with Gasteiger partial charge in [-0.15, -0.1) is 6.58 Å². The number of hydrogen-bond donors (Lipinski definition) is 0. The van der Waals surface area contributed by atoms with Crippen LogP contribution in [0, 0.1) is 0 Å². The maximum absolute atomic E-state index is 5.11. The fraction of sp³-hybridized carbons (Fsp3) is 0.273. The number of benzene rings is 1. The summed E-state index contributed by atoms with van der Waals surface area (Å²) in [5.41, 5.74) is 1.30. The average molecular weight is 162 g/mol. The molecule has 0 aromatic heterocycles. The van der Waals surface area contributed by atoms with E-state index in [4.69, 9.17) is 4.74 Å². The van der Waals surface area contributed by atoms with Gasteiger partial charge in [-0.05, 0) is 30.5 Å². The van der Waals surface area contributed by atoms with Gasteiger partial charge in [-0.3, -0.25) is 0 Å². The van der Waals surface area contributed by atoms with E-state index in [1.807, 2.05) is 18.2 Å². The summed E-state index contributed by atoms with van der Waals surface area (Å²) in [5.74, 6) is 0.927. The van der Waals surface area contributed by atoms with E-state index in [9.17, 15) is 0 Å². The minimum absolute atomic E-state index is 0.927. The highest BCUT2D eigenvalue weighted by Gasteiger charge is 1.93. The number of ether oxygens (including phenoxy) is 1. The van der Waals surface area contributed by atoms with Crippen molar-refractivity contribution in [2.45, 2.75) is 12.8 Å². The normalized spacial score (nSPS) is 9.42. The van der Waals surface area contributed by atoms with E-state index in [0.717, 1.165) is 18.6 Å². The van der Waals surface area contributed by atoms with E-state index in [0.29, 0.717) is 0 Å². The van der Waals surface area contributed by atoms with Crippen LogP contribution in [0.25, 0.3) is 0 Å². The Morgan fingerprint density at radius 3 is 3.00 bits per heavy atom. The lowest BCUT2D eigenvalue weighted by Gasteiger charge is -2.02. The fourth-order valence-electron chi connectivity index (χ4n) is 1.10. The van der Waals surface area contributed by atoms with Gasteiger partial charge in [0.05, 0.1) is 7.11 Å². The lowest BCUT2D eigenvalue weighted by Crippen LogP contribution is -1.86. The van der Waals surface area contributed by atoms with Crippen LogP contribution in [0.5, 0.6) is 5.75 Å². The molecule has 0 atom stereocenters. The molecule has 0 radical (unpaired) electrons. The summed E-state index contributed by atoms with van der Waals surface area (Å²) in [6.07, 6.45) is 3.99. The van der Waals surface area contributed by atoms with Crippen LogP contribution in [0.3, 0.4) is 0 Å². The van der Waals surface area contributed by atoms with E-state index < -0.39 is 0 Å². The SMILES string of the molecule is C=CCCc1cccc(OC)c1. The van der Waals surface area contributed by atoms with Gasteiger partial charge < -0.3 is 4.74 Å². The van der Waals surface area contributed by atoms with E-state index >= 15 is 0 Å². The van der Waals surface area contributed by atoms with Gasteiger partial charge in [-0.1, -0.05) is 18.2 Å². The first-order chi connectivity index (χ1) is 5.86. The zero-order chi connectivity index (χ0) is 8.81. The van der Waals surface area contributed by atoms with Crippen LogP contribution < -0.4 is 4.74 Å². The standard InChI is InChI=1S/C11H14O/c1-3-4-6-10-7-5-8-11(9-10)12-2/h3,5,7-9H,1,4,6H2,2H3. The highest BCUT2D eigenvalue weighted by molar-refractivity contribution is 5.28. The zero-order valence-corrected chi connectivity index (χ0v) is 7.42. The molecule has 0 unspecified atom stereocenters. The van der Waals surface area contributed by atoms with Crippen LogP contribution in [0.1, 0.15) is 12.0 Å². The Kier molecular flexibility index (Phi) is 3.39. The summed E-state index contributed by atoms with van der Waals surface area (Å²) in [6.45, 7) is 3.69. The van der Waals surface area contributed by atoms with Crippen LogP contribution in [-0.4, -0.2) is 7.11 Å². The van der Waals surface area contributed by atoms with Crippen LogP contribution in [0.2, 0.25) is 0 Å². The van der Waals surface area contributed by atoms with Crippen molar-refractivity contribution < 1.29 is 4.74 Å². The summed E-state index contributed by atoms with van der Waals surface area (Å²) in [4.78, 5) is 0. The molecule has 64 valence electrons. The van der Waals surface area contributed by atoms with Gasteiger partial charge in [-0.25, -0.2) is 0 Å². The highest BCUT2D eigenvalue weighted by atomic mass is 16.5. The van der Waals surface area contributed by atoms with Gasteiger partial charge >= 0.3 is 0 Å². The maximum Gasteiger partial charge on any atom is 0.119 e. The summed E-state index contributed by atoms with van der Waals surface area (Å²) in [7, 11) is 1.69. The molecule has 0 aliphatic heterocycles. The third-order valence-corrected chi connectivity index (χ3v) is 1.77. The smallest absolute Gasteiger partial charge is 0.119 e. The molecule has 0 heterocycles. The minimum Gasteiger partial charge on any atom is -0.497 e. The van der Waals surface area contributed by atoms with Crippen molar-refractivity contribution in [3.8, 4) is 5.75 Å². The van der Waals surface area contributed by atoms with Crippen molar-refractivity contribution in [3.05, 3.63) is 42.5 Å². The summed E-state index contributed by atoms with van der Waals surface area (Å²) >= 11 is 0. The second kappa shape index (κ2) is 4.60. The molecule has 1 rings (SSSR count). The monoisotopic (exact) mass is 162 g/mol. The molecule has 0 spiro atoms. The predicted octanol–water partition coefficient (Wildman–Crippen LogP) is 2.81. The molecule has 0 aliphatic rings. The third-order valence-electron chi connectivity index (χ3n) is 1.77. The number of hydrogen-bond acceptors (Lipinski definition) is 1. The second-order valence-electron chi connectivity index (χ2n) is 2.68. The molecule has 1 nitrogen and oxygen atoms in total. The molecular weight excluding hydrogens is 148 g/mol. The number of methoxy groups -OCH3 is 1. The Balaban J connectivity index is 2.65. The van der Waals surface area contributed by atoms with Crippen LogP contribution in [0.4, 0.5) is 0 Å². The second-order valence-corrected chi connectivity index (χ2v) is 2.68. The molecule has 0 amide bonds. The zero-order valence-electron chi connectivity index (χ0n) is 7.42. The molecule has 12 heavy (non-hydrogen) atoms. The van der Waals surface area contributed by atoms with Crippen LogP contribution in [0.15, 0.2) is 36.9 Å². The molecule has 0 fully saturated rings. The number of aryl methyl sites for hydroxylation is 1. The lowest BCUT2D eigenvalue weighted by molar-refractivity contribution is 0.414. The van der Waals surface area contributed by atoms with E-state index in [1.165, 1.54) is 5.56 Å². The number of rotatable bonds is 4. The Hall–Kier alpha value is -1.24. The first-order valence-corrected chi connectivity index (χ1v) is 4.10. The predicted molar refractivity (Wildman–Crippen MR) is 51.5 cm³/mol. The van der Waals surface area contributed by atoms with Crippen molar-refractivity contribution in [2.75, 3.05) is 7.11 Å². The van der Waals surface area contributed by atoms with Crippen LogP contribution >= 0.6 is 0 Å². The van der Waals surface area contributed by atoms with E-state index in [1.54, 1.807) is 7.11 Å². The maximum atomic E-state index is 5.11.